The maximum atomic E-state index is 8.81. The van der Waals surface area contributed by atoms with Crippen LogP contribution in [0.15, 0.2) is 18.2 Å². The predicted octanol–water partition coefficient (Wildman–Crippen LogP) is 3.52. The zero-order valence-electron chi connectivity index (χ0n) is 10.8. The topological polar surface area (TPSA) is 61.8 Å². The Kier molecular flexibility index (Phi) is 4.46. The molecule has 0 aromatic heterocycles. The number of nitrogens with zero attached hydrogens (tertiary/aromatic N) is 1. The summed E-state index contributed by atoms with van der Waals surface area (Å²) < 4.78 is 0. The van der Waals surface area contributed by atoms with Crippen molar-refractivity contribution in [2.75, 3.05) is 17.6 Å². The van der Waals surface area contributed by atoms with Crippen molar-refractivity contribution in [2.45, 2.75) is 38.5 Å². The highest BCUT2D eigenvalue weighted by Gasteiger charge is 2.12. The molecule has 3 N–H and O–H groups in total. The molecule has 1 aliphatic carbocycles. The zero-order chi connectivity index (χ0) is 12.8. The van der Waals surface area contributed by atoms with Crippen LogP contribution in [0.25, 0.3) is 0 Å². The van der Waals surface area contributed by atoms with Gasteiger partial charge in [0.05, 0.1) is 11.3 Å². The number of hydrogen-bond acceptors (Lipinski definition) is 3. The molecule has 3 nitrogen and oxygen atoms in total. The van der Waals surface area contributed by atoms with Crippen LogP contribution in [-0.4, -0.2) is 6.54 Å². The van der Waals surface area contributed by atoms with Gasteiger partial charge in [-0.15, -0.1) is 0 Å². The van der Waals surface area contributed by atoms with Crippen LogP contribution in [0, 0.1) is 17.2 Å². The van der Waals surface area contributed by atoms with Crippen molar-refractivity contribution in [3.8, 4) is 6.07 Å². The molecule has 0 unspecified atom stereocenters. The first-order valence-electron chi connectivity index (χ1n) is 6.83. The summed E-state index contributed by atoms with van der Waals surface area (Å²) in [6, 6.07) is 7.63. The van der Waals surface area contributed by atoms with Crippen LogP contribution in [0.3, 0.4) is 0 Å². The fraction of sp³-hybridized carbons (Fsp3) is 0.533. The Morgan fingerprint density at radius 2 is 2.06 bits per heavy atom. The molecule has 0 aliphatic heterocycles. The highest BCUT2D eigenvalue weighted by atomic mass is 14.9. The predicted molar refractivity (Wildman–Crippen MR) is 75.3 cm³/mol. The van der Waals surface area contributed by atoms with Crippen LogP contribution < -0.4 is 11.1 Å². The van der Waals surface area contributed by atoms with E-state index in [1.54, 1.807) is 6.07 Å². The second-order valence-corrected chi connectivity index (χ2v) is 5.13. The molecule has 1 aromatic carbocycles. The van der Waals surface area contributed by atoms with E-state index in [4.69, 9.17) is 11.0 Å². The lowest BCUT2D eigenvalue weighted by Gasteiger charge is -2.21. The van der Waals surface area contributed by atoms with E-state index in [9.17, 15) is 0 Å². The Morgan fingerprint density at radius 1 is 1.28 bits per heavy atom. The molecule has 1 aromatic rings. The van der Waals surface area contributed by atoms with Crippen molar-refractivity contribution < 1.29 is 0 Å². The van der Waals surface area contributed by atoms with Gasteiger partial charge in [-0.25, -0.2) is 0 Å². The first-order valence-corrected chi connectivity index (χ1v) is 6.83. The van der Waals surface area contributed by atoms with E-state index in [0.717, 1.165) is 18.2 Å². The maximum absolute atomic E-state index is 8.81. The Balaban J connectivity index is 1.79. The number of benzene rings is 1. The third-order valence-electron chi connectivity index (χ3n) is 3.78. The van der Waals surface area contributed by atoms with E-state index in [1.165, 1.54) is 38.5 Å². The number of anilines is 2. The standard InChI is InChI=1S/C15H21N3/c16-11-13-6-7-14(10-15(13)17)18-9-8-12-4-2-1-3-5-12/h6-7,10,12,18H,1-5,8-9,17H2. The lowest BCUT2D eigenvalue weighted by Crippen LogP contribution is -2.12. The highest BCUT2D eigenvalue weighted by molar-refractivity contribution is 5.62. The Hall–Kier alpha value is -1.69. The molecule has 0 heterocycles. The molecule has 3 heteroatoms. The molecule has 0 spiro atoms. The van der Waals surface area contributed by atoms with Gasteiger partial charge < -0.3 is 11.1 Å². The number of nitrogen functional groups attached to an aromatic ring is 1. The van der Waals surface area contributed by atoms with E-state index < -0.39 is 0 Å². The van der Waals surface area contributed by atoms with Gasteiger partial charge in [0.25, 0.3) is 0 Å². The minimum absolute atomic E-state index is 0.549. The minimum atomic E-state index is 0.549. The first kappa shape index (κ1) is 12.8. The largest absolute Gasteiger partial charge is 0.398 e. The van der Waals surface area contributed by atoms with E-state index in [0.29, 0.717) is 11.3 Å². The van der Waals surface area contributed by atoms with Gasteiger partial charge in [-0.05, 0) is 30.5 Å². The van der Waals surface area contributed by atoms with Crippen LogP contribution >= 0.6 is 0 Å². The van der Waals surface area contributed by atoms with Gasteiger partial charge in [0, 0.05) is 12.2 Å². The molecule has 0 atom stereocenters. The average Bonchev–Trinajstić information content (AvgIpc) is 2.40. The summed E-state index contributed by atoms with van der Waals surface area (Å²) in [4.78, 5) is 0. The number of rotatable bonds is 4. The second kappa shape index (κ2) is 6.30. The van der Waals surface area contributed by atoms with E-state index in [2.05, 4.69) is 11.4 Å². The Labute approximate surface area is 109 Å². The maximum Gasteiger partial charge on any atom is 0.101 e. The van der Waals surface area contributed by atoms with Crippen molar-refractivity contribution in [1.82, 2.24) is 0 Å². The fourth-order valence-corrected chi connectivity index (χ4v) is 2.67. The van der Waals surface area contributed by atoms with Gasteiger partial charge in [0.15, 0.2) is 0 Å². The molecule has 0 radical (unpaired) electrons. The van der Waals surface area contributed by atoms with Crippen LogP contribution in [-0.2, 0) is 0 Å². The van der Waals surface area contributed by atoms with E-state index in [-0.39, 0.29) is 0 Å². The van der Waals surface area contributed by atoms with Crippen molar-refractivity contribution in [3.63, 3.8) is 0 Å². The van der Waals surface area contributed by atoms with Crippen molar-refractivity contribution >= 4 is 11.4 Å². The van der Waals surface area contributed by atoms with Crippen molar-refractivity contribution in [2.24, 2.45) is 5.92 Å². The summed E-state index contributed by atoms with van der Waals surface area (Å²) >= 11 is 0. The lowest BCUT2D eigenvalue weighted by molar-refractivity contribution is 0.345. The second-order valence-electron chi connectivity index (χ2n) is 5.13. The summed E-state index contributed by atoms with van der Waals surface area (Å²) in [7, 11) is 0. The number of nitrogens with one attached hydrogen (secondary N) is 1. The molecule has 0 saturated heterocycles. The van der Waals surface area contributed by atoms with Crippen LogP contribution in [0.4, 0.5) is 11.4 Å². The van der Waals surface area contributed by atoms with Gasteiger partial charge in [-0.3, -0.25) is 0 Å². The normalized spacial score (nSPS) is 16.2. The smallest absolute Gasteiger partial charge is 0.101 e. The number of hydrogen-bond donors (Lipinski definition) is 2. The summed E-state index contributed by atoms with van der Waals surface area (Å²) in [5.41, 5.74) is 7.90. The van der Waals surface area contributed by atoms with Gasteiger partial charge in [-0.2, -0.15) is 5.26 Å². The summed E-state index contributed by atoms with van der Waals surface area (Å²) in [5.74, 6) is 0.891. The third kappa shape index (κ3) is 3.40. The van der Waals surface area contributed by atoms with E-state index in [1.807, 2.05) is 12.1 Å². The molecule has 1 fully saturated rings. The molecule has 96 valence electrons. The van der Waals surface area contributed by atoms with Crippen molar-refractivity contribution in [3.05, 3.63) is 23.8 Å². The first-order chi connectivity index (χ1) is 8.79. The molecule has 0 amide bonds. The Bertz CT molecular complexity index is 428. The van der Waals surface area contributed by atoms with E-state index >= 15 is 0 Å². The summed E-state index contributed by atoms with van der Waals surface area (Å²) in [6.07, 6.45) is 8.22. The fourth-order valence-electron chi connectivity index (χ4n) is 2.67. The van der Waals surface area contributed by atoms with Gasteiger partial charge in [0.2, 0.25) is 0 Å². The Morgan fingerprint density at radius 3 is 2.72 bits per heavy atom. The SMILES string of the molecule is N#Cc1ccc(NCCC2CCCCC2)cc1N. The molecular weight excluding hydrogens is 222 g/mol. The number of nitriles is 1. The minimum Gasteiger partial charge on any atom is -0.398 e. The summed E-state index contributed by atoms with van der Waals surface area (Å²) in [6.45, 7) is 0.996. The molecule has 0 bridgehead atoms. The average molecular weight is 243 g/mol. The monoisotopic (exact) mass is 243 g/mol. The van der Waals surface area contributed by atoms with Crippen LogP contribution in [0.2, 0.25) is 0 Å². The zero-order valence-corrected chi connectivity index (χ0v) is 10.8. The van der Waals surface area contributed by atoms with Crippen LogP contribution in [0.1, 0.15) is 44.1 Å². The molecular formula is C15H21N3. The molecule has 1 aliphatic rings. The summed E-state index contributed by atoms with van der Waals surface area (Å²) in [5, 5.41) is 12.2. The van der Waals surface area contributed by atoms with Crippen molar-refractivity contribution in [1.29, 1.82) is 5.26 Å². The van der Waals surface area contributed by atoms with Crippen LogP contribution in [0.5, 0.6) is 0 Å². The third-order valence-corrected chi connectivity index (χ3v) is 3.78. The molecule has 1 saturated carbocycles. The van der Waals surface area contributed by atoms with Gasteiger partial charge in [0.1, 0.15) is 6.07 Å². The number of nitrogens with two attached hydrogens (primary N) is 1. The quantitative estimate of drug-likeness (QED) is 0.795. The van der Waals surface area contributed by atoms with Gasteiger partial charge in [-0.1, -0.05) is 32.1 Å². The molecule has 2 rings (SSSR count). The molecule has 18 heavy (non-hydrogen) atoms. The van der Waals surface area contributed by atoms with Gasteiger partial charge >= 0.3 is 0 Å². The highest BCUT2D eigenvalue weighted by Crippen LogP contribution is 2.26. The lowest BCUT2D eigenvalue weighted by atomic mass is 9.87.